The van der Waals surface area contributed by atoms with Crippen LogP contribution in [0.4, 0.5) is 19.3 Å². The zero-order valence-electron chi connectivity index (χ0n) is 13.9. The number of carbonyl (C=O) groups excluding carboxylic acids is 2. The Bertz CT molecular complexity index is 827. The van der Waals surface area contributed by atoms with Gasteiger partial charge in [-0.25, -0.2) is 13.6 Å². The predicted molar refractivity (Wildman–Crippen MR) is 91.0 cm³/mol. The Balaban J connectivity index is 1.73. The van der Waals surface area contributed by atoms with Gasteiger partial charge in [-0.15, -0.1) is 0 Å². The first-order valence-electron chi connectivity index (χ1n) is 7.92. The molecule has 2 atom stereocenters. The Labute approximate surface area is 148 Å². The third-order valence-electron chi connectivity index (χ3n) is 4.18. The van der Waals surface area contributed by atoms with Crippen molar-refractivity contribution in [2.24, 2.45) is 0 Å². The van der Waals surface area contributed by atoms with Crippen LogP contribution in [0.1, 0.15) is 11.5 Å². The summed E-state index contributed by atoms with van der Waals surface area (Å²) < 4.78 is 32.2. The number of hydrogen-bond acceptors (Lipinski definition) is 3. The molecule has 2 unspecified atom stereocenters. The van der Waals surface area contributed by atoms with E-state index in [-0.39, 0.29) is 6.54 Å². The summed E-state index contributed by atoms with van der Waals surface area (Å²) in [7, 11) is 1.43. The van der Waals surface area contributed by atoms with Crippen molar-refractivity contribution in [3.8, 4) is 5.75 Å². The molecule has 136 valence electrons. The predicted octanol–water partition coefficient (Wildman–Crippen LogP) is 2.38. The molecule has 1 aliphatic heterocycles. The summed E-state index contributed by atoms with van der Waals surface area (Å²) in [6, 6.07) is 7.97. The molecule has 8 heteroatoms. The number of nitrogens with one attached hydrogen (secondary N) is 3. The van der Waals surface area contributed by atoms with E-state index in [9.17, 15) is 18.4 Å². The zero-order valence-corrected chi connectivity index (χ0v) is 13.9. The highest BCUT2D eigenvalue weighted by Gasteiger charge is 2.38. The SMILES string of the molecule is COc1ccc(C2CNC(=O)C2NC(=O)Nc2ccc(F)cc2)c(F)c1. The van der Waals surface area contributed by atoms with Crippen LogP contribution in [0.25, 0.3) is 0 Å². The maximum atomic E-state index is 14.3. The summed E-state index contributed by atoms with van der Waals surface area (Å²) in [6.45, 7) is 0.198. The summed E-state index contributed by atoms with van der Waals surface area (Å²) in [6.07, 6.45) is 0. The summed E-state index contributed by atoms with van der Waals surface area (Å²) >= 11 is 0. The van der Waals surface area contributed by atoms with Crippen molar-refractivity contribution < 1.29 is 23.1 Å². The molecule has 1 aliphatic rings. The van der Waals surface area contributed by atoms with Crippen LogP contribution in [-0.2, 0) is 4.79 Å². The third kappa shape index (κ3) is 3.74. The van der Waals surface area contributed by atoms with E-state index in [1.54, 1.807) is 6.07 Å². The standard InChI is InChI=1S/C18H17F2N3O3/c1-26-12-6-7-13(15(20)8-12)14-9-21-17(24)16(14)23-18(25)22-11-4-2-10(19)3-5-11/h2-8,14,16H,9H2,1H3,(H,21,24)(H2,22,23,25). The van der Waals surface area contributed by atoms with Gasteiger partial charge in [-0.3, -0.25) is 4.79 Å². The number of hydrogen-bond donors (Lipinski definition) is 3. The van der Waals surface area contributed by atoms with Gasteiger partial charge in [0.25, 0.3) is 0 Å². The normalized spacial score (nSPS) is 19.0. The van der Waals surface area contributed by atoms with Gasteiger partial charge in [0.05, 0.1) is 7.11 Å². The van der Waals surface area contributed by atoms with Gasteiger partial charge in [-0.05, 0) is 35.9 Å². The smallest absolute Gasteiger partial charge is 0.319 e. The molecule has 3 rings (SSSR count). The van der Waals surface area contributed by atoms with Crippen LogP contribution in [0.2, 0.25) is 0 Å². The van der Waals surface area contributed by atoms with Crippen LogP contribution in [0.3, 0.4) is 0 Å². The lowest BCUT2D eigenvalue weighted by atomic mass is 9.93. The fourth-order valence-corrected chi connectivity index (χ4v) is 2.85. The maximum Gasteiger partial charge on any atom is 0.319 e. The minimum Gasteiger partial charge on any atom is -0.497 e. The van der Waals surface area contributed by atoms with Crippen LogP contribution >= 0.6 is 0 Å². The lowest BCUT2D eigenvalue weighted by molar-refractivity contribution is -0.120. The number of urea groups is 1. The molecular formula is C18H17F2N3O3. The molecule has 0 bridgehead atoms. The first-order chi connectivity index (χ1) is 12.5. The Morgan fingerprint density at radius 1 is 1.19 bits per heavy atom. The summed E-state index contributed by atoms with van der Waals surface area (Å²) in [5, 5.41) is 7.68. The lowest BCUT2D eigenvalue weighted by Gasteiger charge is -2.20. The monoisotopic (exact) mass is 361 g/mol. The highest BCUT2D eigenvalue weighted by atomic mass is 19.1. The molecule has 3 N–H and O–H groups in total. The minimum absolute atomic E-state index is 0.198. The molecule has 0 aliphatic carbocycles. The van der Waals surface area contributed by atoms with Gasteiger partial charge in [0.15, 0.2) is 0 Å². The molecule has 0 saturated carbocycles. The van der Waals surface area contributed by atoms with Crippen molar-refractivity contribution in [3.63, 3.8) is 0 Å². The minimum atomic E-state index is -0.932. The van der Waals surface area contributed by atoms with Gasteiger partial charge in [-0.2, -0.15) is 0 Å². The topological polar surface area (TPSA) is 79.5 Å². The van der Waals surface area contributed by atoms with Gasteiger partial charge in [0, 0.05) is 24.2 Å². The first-order valence-corrected chi connectivity index (χ1v) is 7.92. The number of halogens is 2. The van der Waals surface area contributed by atoms with Gasteiger partial charge in [0.1, 0.15) is 23.4 Å². The third-order valence-corrected chi connectivity index (χ3v) is 4.18. The van der Waals surface area contributed by atoms with Crippen molar-refractivity contribution in [3.05, 3.63) is 59.7 Å². The molecule has 2 aromatic carbocycles. The molecule has 6 nitrogen and oxygen atoms in total. The van der Waals surface area contributed by atoms with Crippen molar-refractivity contribution in [1.29, 1.82) is 0 Å². The van der Waals surface area contributed by atoms with Crippen molar-refractivity contribution >= 4 is 17.6 Å². The Hall–Kier alpha value is -3.16. The van der Waals surface area contributed by atoms with Crippen LogP contribution < -0.4 is 20.7 Å². The molecule has 0 spiro atoms. The summed E-state index contributed by atoms with van der Waals surface area (Å²) in [5.41, 5.74) is 0.672. The number of rotatable bonds is 4. The van der Waals surface area contributed by atoms with E-state index in [1.165, 1.54) is 43.5 Å². The van der Waals surface area contributed by atoms with Gasteiger partial charge in [0.2, 0.25) is 5.91 Å². The average molecular weight is 361 g/mol. The molecule has 0 aromatic heterocycles. The van der Waals surface area contributed by atoms with Gasteiger partial charge >= 0.3 is 6.03 Å². The molecule has 3 amide bonds. The number of methoxy groups -OCH3 is 1. The summed E-state index contributed by atoms with van der Waals surface area (Å²) in [5.74, 6) is -1.55. The molecule has 26 heavy (non-hydrogen) atoms. The Morgan fingerprint density at radius 3 is 2.58 bits per heavy atom. The first kappa shape index (κ1) is 17.7. The molecule has 2 aromatic rings. The highest BCUT2D eigenvalue weighted by Crippen LogP contribution is 2.28. The van der Waals surface area contributed by atoms with Gasteiger partial charge < -0.3 is 20.7 Å². The lowest BCUT2D eigenvalue weighted by Crippen LogP contribution is -2.44. The van der Waals surface area contributed by atoms with Crippen molar-refractivity contribution in [2.75, 3.05) is 19.0 Å². The Kier molecular flexibility index (Phi) is 5.01. The van der Waals surface area contributed by atoms with Gasteiger partial charge in [-0.1, -0.05) is 6.07 Å². The second-order valence-electron chi connectivity index (χ2n) is 5.82. The van der Waals surface area contributed by atoms with Crippen LogP contribution in [0.5, 0.6) is 5.75 Å². The number of amides is 3. The van der Waals surface area contributed by atoms with Crippen LogP contribution in [0.15, 0.2) is 42.5 Å². The highest BCUT2D eigenvalue weighted by molar-refractivity contribution is 5.95. The van der Waals surface area contributed by atoms with E-state index in [4.69, 9.17) is 4.74 Å². The second kappa shape index (κ2) is 7.38. The number of carbonyl (C=O) groups is 2. The molecule has 1 fully saturated rings. The number of ether oxygens (including phenoxy) is 1. The second-order valence-corrected chi connectivity index (χ2v) is 5.82. The zero-order chi connectivity index (χ0) is 18.7. The largest absolute Gasteiger partial charge is 0.497 e. The van der Waals surface area contributed by atoms with Crippen LogP contribution in [0, 0.1) is 11.6 Å². The van der Waals surface area contributed by atoms with Crippen molar-refractivity contribution in [2.45, 2.75) is 12.0 Å². The quantitative estimate of drug-likeness (QED) is 0.782. The van der Waals surface area contributed by atoms with E-state index in [0.29, 0.717) is 17.0 Å². The molecule has 1 heterocycles. The fraction of sp³-hybridized carbons (Fsp3) is 0.222. The number of anilines is 1. The Morgan fingerprint density at radius 2 is 1.92 bits per heavy atom. The maximum absolute atomic E-state index is 14.3. The average Bonchev–Trinajstić information content (AvgIpc) is 2.97. The van der Waals surface area contributed by atoms with Crippen molar-refractivity contribution in [1.82, 2.24) is 10.6 Å². The fourth-order valence-electron chi connectivity index (χ4n) is 2.85. The van der Waals surface area contributed by atoms with E-state index < -0.39 is 35.5 Å². The molecule has 1 saturated heterocycles. The summed E-state index contributed by atoms with van der Waals surface area (Å²) in [4.78, 5) is 24.2. The molecular weight excluding hydrogens is 344 g/mol. The van der Waals surface area contributed by atoms with Crippen LogP contribution in [-0.4, -0.2) is 31.6 Å². The molecule has 0 radical (unpaired) electrons. The van der Waals surface area contributed by atoms with E-state index >= 15 is 0 Å². The number of benzene rings is 2. The van der Waals surface area contributed by atoms with E-state index in [1.807, 2.05) is 0 Å². The van der Waals surface area contributed by atoms with E-state index in [2.05, 4.69) is 16.0 Å². The van der Waals surface area contributed by atoms with E-state index in [0.717, 1.165) is 0 Å².